The van der Waals surface area contributed by atoms with E-state index in [1.165, 1.54) is 96.3 Å². The fraction of sp³-hybridized carbons (Fsp3) is 0.410. The maximum atomic E-state index is 13.1. The fourth-order valence-corrected chi connectivity index (χ4v) is 8.66. The van der Waals surface area contributed by atoms with Crippen molar-refractivity contribution in [1.29, 1.82) is 0 Å². The van der Waals surface area contributed by atoms with Gasteiger partial charge in [-0.15, -0.1) is 0 Å². The molecule has 4 heteroatoms. The van der Waals surface area contributed by atoms with Gasteiger partial charge in [0, 0.05) is 0 Å². The van der Waals surface area contributed by atoms with E-state index in [1.54, 1.807) is 0 Å². The van der Waals surface area contributed by atoms with Crippen LogP contribution in [0.3, 0.4) is 0 Å². The zero-order chi connectivity index (χ0) is 45.4. The van der Waals surface area contributed by atoms with E-state index < -0.39 is 5.60 Å². The normalized spacial score (nSPS) is 11.4. The lowest BCUT2D eigenvalue weighted by Gasteiger charge is -2.31. The minimum absolute atomic E-state index is 0.752. The molecule has 0 amide bonds. The highest BCUT2D eigenvalue weighted by atomic mass is 16.5. The molecule has 65 heavy (non-hydrogen) atoms. The molecule has 0 atom stereocenters. The second kappa shape index (κ2) is 27.2. The van der Waals surface area contributed by atoms with Crippen LogP contribution in [0.5, 0.6) is 17.2 Å². The summed E-state index contributed by atoms with van der Waals surface area (Å²) in [7, 11) is 0. The molecule has 0 bridgehead atoms. The van der Waals surface area contributed by atoms with Gasteiger partial charge in [-0.05, 0) is 106 Å². The zero-order valence-electron chi connectivity index (χ0n) is 39.9. The highest BCUT2D eigenvalue weighted by molar-refractivity contribution is 5.69. The molecule has 0 unspecified atom stereocenters. The lowest BCUT2D eigenvalue weighted by Crippen LogP contribution is -2.28. The molecule has 0 aliphatic carbocycles. The van der Waals surface area contributed by atoms with Crippen molar-refractivity contribution in [3.8, 4) is 50.6 Å². The van der Waals surface area contributed by atoms with Crippen LogP contribution in [0.4, 0.5) is 0 Å². The third-order valence-electron chi connectivity index (χ3n) is 12.8. The number of unbranched alkanes of at least 4 members (excludes halogenated alkanes) is 15. The number of ether oxygens (including phenoxy) is 3. The highest BCUT2D eigenvalue weighted by Crippen LogP contribution is 2.40. The first-order valence-corrected chi connectivity index (χ1v) is 25.3. The van der Waals surface area contributed by atoms with Crippen molar-refractivity contribution in [2.24, 2.45) is 0 Å². The molecular formula is C61H76O4. The molecule has 344 valence electrons. The lowest BCUT2D eigenvalue weighted by atomic mass is 9.79. The van der Waals surface area contributed by atoms with Crippen LogP contribution in [-0.4, -0.2) is 24.9 Å². The molecule has 0 aliphatic heterocycles. The van der Waals surface area contributed by atoms with Crippen molar-refractivity contribution in [3.05, 3.63) is 162 Å². The van der Waals surface area contributed by atoms with Gasteiger partial charge in [0.25, 0.3) is 0 Å². The summed E-state index contributed by atoms with van der Waals surface area (Å²) in [6.45, 7) is 9.02. The number of aliphatic hydroxyl groups is 1. The van der Waals surface area contributed by atoms with Crippen LogP contribution < -0.4 is 14.2 Å². The SMILES string of the molecule is CCCCCCCCOc1ccc(-c2ccc(C(O)(c3ccc(-c4ccc(OCCCCCCCC)cc4)cc3)c3ccc(-c4ccc(OCCCCCCCC)cc4)cc3)cc2)cc1. The number of rotatable bonds is 30. The molecule has 0 aromatic heterocycles. The van der Waals surface area contributed by atoms with Gasteiger partial charge >= 0.3 is 0 Å². The third kappa shape index (κ3) is 15.1. The van der Waals surface area contributed by atoms with Crippen molar-refractivity contribution in [2.75, 3.05) is 19.8 Å². The van der Waals surface area contributed by atoms with Crippen molar-refractivity contribution < 1.29 is 19.3 Å². The van der Waals surface area contributed by atoms with E-state index >= 15 is 0 Å². The predicted molar refractivity (Wildman–Crippen MR) is 274 cm³/mol. The van der Waals surface area contributed by atoms with Crippen molar-refractivity contribution in [2.45, 2.75) is 142 Å². The number of hydrogen-bond donors (Lipinski definition) is 1. The maximum Gasteiger partial charge on any atom is 0.140 e. The zero-order valence-corrected chi connectivity index (χ0v) is 39.9. The quantitative estimate of drug-likeness (QED) is 0.0362. The summed E-state index contributed by atoms with van der Waals surface area (Å²) in [5.74, 6) is 2.71. The van der Waals surface area contributed by atoms with Gasteiger partial charge in [0.05, 0.1) is 19.8 Å². The van der Waals surface area contributed by atoms with Crippen LogP contribution in [0.15, 0.2) is 146 Å². The van der Waals surface area contributed by atoms with Crippen LogP contribution in [0.1, 0.15) is 153 Å². The van der Waals surface area contributed by atoms with Crippen molar-refractivity contribution in [3.63, 3.8) is 0 Å². The average Bonchev–Trinajstić information content (AvgIpc) is 3.36. The van der Waals surface area contributed by atoms with E-state index in [2.05, 4.69) is 166 Å². The second-order valence-electron chi connectivity index (χ2n) is 17.9. The molecule has 0 saturated carbocycles. The molecule has 6 aromatic rings. The average molecular weight is 873 g/mol. The van der Waals surface area contributed by atoms with Gasteiger partial charge in [-0.2, -0.15) is 0 Å². The summed E-state index contributed by atoms with van der Waals surface area (Å²) in [5.41, 5.74) is 7.61. The third-order valence-corrected chi connectivity index (χ3v) is 12.8. The van der Waals surface area contributed by atoms with E-state index in [0.717, 1.165) is 106 Å². The van der Waals surface area contributed by atoms with Crippen LogP contribution in [0.25, 0.3) is 33.4 Å². The summed E-state index contributed by atoms with van der Waals surface area (Å²) in [5, 5.41) is 13.1. The predicted octanol–water partition coefficient (Wildman–Crippen LogP) is 17.2. The molecule has 4 nitrogen and oxygen atoms in total. The lowest BCUT2D eigenvalue weighted by molar-refractivity contribution is 0.126. The van der Waals surface area contributed by atoms with Gasteiger partial charge in [0.15, 0.2) is 0 Å². The van der Waals surface area contributed by atoms with Crippen molar-refractivity contribution in [1.82, 2.24) is 0 Å². The molecule has 0 radical (unpaired) electrons. The van der Waals surface area contributed by atoms with Gasteiger partial charge in [0.2, 0.25) is 0 Å². The van der Waals surface area contributed by atoms with Crippen molar-refractivity contribution >= 4 is 0 Å². The Morgan fingerprint density at radius 1 is 0.277 bits per heavy atom. The first-order valence-electron chi connectivity index (χ1n) is 25.3. The number of benzene rings is 6. The van der Waals surface area contributed by atoms with E-state index in [1.807, 2.05) is 0 Å². The Balaban J connectivity index is 1.16. The Hall–Kier alpha value is -5.32. The summed E-state index contributed by atoms with van der Waals surface area (Å²) in [4.78, 5) is 0. The largest absolute Gasteiger partial charge is 0.494 e. The molecule has 0 aliphatic rings. The van der Waals surface area contributed by atoms with E-state index in [4.69, 9.17) is 14.2 Å². The highest BCUT2D eigenvalue weighted by Gasteiger charge is 2.34. The summed E-state index contributed by atoms with van der Waals surface area (Å²) in [6.07, 6.45) is 22.5. The Morgan fingerprint density at radius 3 is 0.708 bits per heavy atom. The van der Waals surface area contributed by atoms with Gasteiger partial charge in [-0.25, -0.2) is 0 Å². The summed E-state index contributed by atoms with van der Waals surface area (Å²) in [6, 6.07) is 50.2. The smallest absolute Gasteiger partial charge is 0.140 e. The molecule has 0 spiro atoms. The fourth-order valence-electron chi connectivity index (χ4n) is 8.66. The first-order chi connectivity index (χ1) is 32.0. The molecular weight excluding hydrogens is 797 g/mol. The molecule has 0 heterocycles. The van der Waals surface area contributed by atoms with Gasteiger partial charge in [-0.3, -0.25) is 0 Å². The van der Waals surface area contributed by atoms with Gasteiger partial charge in [0.1, 0.15) is 22.8 Å². The summed E-state index contributed by atoms with van der Waals surface area (Å²) >= 11 is 0. The summed E-state index contributed by atoms with van der Waals surface area (Å²) < 4.78 is 18.2. The molecule has 1 N–H and O–H groups in total. The Morgan fingerprint density at radius 2 is 0.477 bits per heavy atom. The molecule has 0 fully saturated rings. The second-order valence-corrected chi connectivity index (χ2v) is 17.9. The van der Waals surface area contributed by atoms with Crippen LogP contribution in [0, 0.1) is 0 Å². The molecule has 0 saturated heterocycles. The minimum atomic E-state index is -1.40. The van der Waals surface area contributed by atoms with Crippen LogP contribution in [-0.2, 0) is 5.60 Å². The monoisotopic (exact) mass is 873 g/mol. The van der Waals surface area contributed by atoms with E-state index in [9.17, 15) is 5.11 Å². The molecule has 6 aromatic carbocycles. The van der Waals surface area contributed by atoms with Crippen LogP contribution in [0.2, 0.25) is 0 Å². The van der Waals surface area contributed by atoms with Gasteiger partial charge < -0.3 is 19.3 Å². The topological polar surface area (TPSA) is 47.9 Å². The maximum absolute atomic E-state index is 13.1. The Kier molecular flexibility index (Phi) is 20.6. The first kappa shape index (κ1) is 49.1. The molecule has 6 rings (SSSR count). The van der Waals surface area contributed by atoms with E-state index in [0.29, 0.717) is 0 Å². The minimum Gasteiger partial charge on any atom is -0.494 e. The number of hydrogen-bond acceptors (Lipinski definition) is 4. The van der Waals surface area contributed by atoms with E-state index in [-0.39, 0.29) is 0 Å². The van der Waals surface area contributed by atoms with Crippen LogP contribution >= 0.6 is 0 Å². The standard InChI is InChI=1S/C61H76O4/c1-4-7-10-13-16-19-46-63-58-40-28-52(29-41-58)49-22-34-55(35-23-49)61(62,56-36-24-50(25-37-56)53-30-42-59(43-31-53)64-47-20-17-14-11-8-5-2)57-38-26-51(27-39-57)54-32-44-60(45-33-54)65-48-21-18-15-12-9-6-3/h22-45,62H,4-21,46-48H2,1-3H3. The Labute approximate surface area is 392 Å². The Bertz CT molecular complexity index is 1920. The van der Waals surface area contributed by atoms with Gasteiger partial charge in [-0.1, -0.05) is 226 Å².